The molecule has 0 saturated carbocycles. The number of methoxy groups -OCH3 is 2. The number of hydrogen-bond acceptors (Lipinski definition) is 8. The molecule has 4 rings (SSSR count). The molecule has 2 aromatic heterocycles. The van der Waals surface area contributed by atoms with Crippen molar-refractivity contribution >= 4 is 44.6 Å². The highest BCUT2D eigenvalue weighted by atomic mass is 35.5. The van der Waals surface area contributed by atoms with Crippen LogP contribution in [0.3, 0.4) is 0 Å². The van der Waals surface area contributed by atoms with Gasteiger partial charge in [0, 0.05) is 24.4 Å². The number of carbonyl (C=O) groups excluding carboxylic acids is 1. The SMILES string of the molecule is COc1cc(OC)c(NC(=O)[C@@H]2CCCN2c2nn3c(=O)cc(C)nc3s2)cc1Cl. The van der Waals surface area contributed by atoms with E-state index in [9.17, 15) is 9.59 Å². The molecule has 9 nitrogen and oxygen atoms in total. The first kappa shape index (κ1) is 20.4. The maximum Gasteiger partial charge on any atom is 0.275 e. The minimum atomic E-state index is -0.437. The Morgan fingerprint density at radius 2 is 2.03 bits per heavy atom. The van der Waals surface area contributed by atoms with Crippen molar-refractivity contribution in [3.63, 3.8) is 0 Å². The topological polar surface area (TPSA) is 98.1 Å². The fraction of sp³-hybridized carbons (Fsp3) is 0.368. The zero-order valence-electron chi connectivity index (χ0n) is 16.6. The zero-order valence-corrected chi connectivity index (χ0v) is 18.2. The minimum Gasteiger partial charge on any atom is -0.495 e. The molecule has 3 heterocycles. The molecule has 0 bridgehead atoms. The molecule has 1 saturated heterocycles. The van der Waals surface area contributed by atoms with Crippen LogP contribution >= 0.6 is 22.9 Å². The number of benzene rings is 1. The van der Waals surface area contributed by atoms with Gasteiger partial charge in [0.05, 0.1) is 24.9 Å². The van der Waals surface area contributed by atoms with Crippen LogP contribution in [0.4, 0.5) is 10.8 Å². The predicted octanol–water partition coefficient (Wildman–Crippen LogP) is 2.74. The molecular weight excluding hydrogens is 430 g/mol. The second-order valence-electron chi connectivity index (χ2n) is 6.84. The lowest BCUT2D eigenvalue weighted by Crippen LogP contribution is -2.39. The van der Waals surface area contributed by atoms with Gasteiger partial charge in [0.1, 0.15) is 17.5 Å². The summed E-state index contributed by atoms with van der Waals surface area (Å²) < 4.78 is 11.8. The summed E-state index contributed by atoms with van der Waals surface area (Å²) in [6, 6.07) is 4.22. The summed E-state index contributed by atoms with van der Waals surface area (Å²) in [6.45, 7) is 2.42. The van der Waals surface area contributed by atoms with E-state index in [1.807, 2.05) is 4.90 Å². The molecule has 0 aliphatic carbocycles. The number of aromatic nitrogens is 3. The van der Waals surface area contributed by atoms with Gasteiger partial charge in [-0.1, -0.05) is 22.9 Å². The Balaban J connectivity index is 1.61. The molecule has 1 aliphatic heterocycles. The van der Waals surface area contributed by atoms with Crippen molar-refractivity contribution < 1.29 is 14.3 Å². The molecular formula is C19H20ClN5O4S. The largest absolute Gasteiger partial charge is 0.495 e. The minimum absolute atomic E-state index is 0.206. The molecule has 0 radical (unpaired) electrons. The number of anilines is 2. The first-order valence-electron chi connectivity index (χ1n) is 9.28. The molecule has 11 heteroatoms. The van der Waals surface area contributed by atoms with Gasteiger partial charge in [-0.05, 0) is 25.8 Å². The lowest BCUT2D eigenvalue weighted by atomic mass is 10.2. The third kappa shape index (κ3) is 3.68. The highest BCUT2D eigenvalue weighted by Gasteiger charge is 2.33. The van der Waals surface area contributed by atoms with E-state index < -0.39 is 6.04 Å². The highest BCUT2D eigenvalue weighted by Crippen LogP contribution is 2.37. The maximum absolute atomic E-state index is 13.1. The highest BCUT2D eigenvalue weighted by molar-refractivity contribution is 7.20. The molecule has 0 spiro atoms. The van der Waals surface area contributed by atoms with Crippen molar-refractivity contribution in [1.29, 1.82) is 0 Å². The summed E-state index contributed by atoms with van der Waals surface area (Å²) in [5.41, 5.74) is 0.852. The van der Waals surface area contributed by atoms with Crippen molar-refractivity contribution in [3.8, 4) is 11.5 Å². The van der Waals surface area contributed by atoms with E-state index in [4.69, 9.17) is 21.1 Å². The average Bonchev–Trinajstić information content (AvgIpc) is 3.35. The average molecular weight is 450 g/mol. The Bertz CT molecular complexity index is 1180. The van der Waals surface area contributed by atoms with E-state index >= 15 is 0 Å². The van der Waals surface area contributed by atoms with Crippen molar-refractivity contribution in [2.75, 3.05) is 31.0 Å². The predicted molar refractivity (Wildman–Crippen MR) is 115 cm³/mol. The summed E-state index contributed by atoms with van der Waals surface area (Å²) in [5, 5.41) is 8.24. The van der Waals surface area contributed by atoms with Crippen molar-refractivity contribution in [2.24, 2.45) is 0 Å². The molecule has 0 unspecified atom stereocenters. The van der Waals surface area contributed by atoms with Gasteiger partial charge in [0.2, 0.25) is 16.0 Å². The number of fused-ring (bicyclic) bond motifs is 1. The third-order valence-corrected chi connectivity index (χ3v) is 6.14. The van der Waals surface area contributed by atoms with Crippen molar-refractivity contribution in [1.82, 2.24) is 14.6 Å². The first-order valence-corrected chi connectivity index (χ1v) is 10.5. The number of hydrogen-bond donors (Lipinski definition) is 1. The summed E-state index contributed by atoms with van der Waals surface area (Å²) >= 11 is 7.50. The molecule has 3 aromatic rings. The number of amides is 1. The fourth-order valence-corrected chi connectivity index (χ4v) is 4.74. The van der Waals surface area contributed by atoms with Crippen molar-refractivity contribution in [3.05, 3.63) is 39.3 Å². The lowest BCUT2D eigenvalue weighted by Gasteiger charge is -2.23. The van der Waals surface area contributed by atoms with Gasteiger partial charge < -0.3 is 19.7 Å². The van der Waals surface area contributed by atoms with Gasteiger partial charge in [-0.3, -0.25) is 9.59 Å². The van der Waals surface area contributed by atoms with Gasteiger partial charge in [0.25, 0.3) is 5.56 Å². The Kier molecular flexibility index (Phi) is 5.52. The van der Waals surface area contributed by atoms with Gasteiger partial charge in [-0.15, -0.1) is 5.10 Å². The van der Waals surface area contributed by atoms with Crippen LogP contribution in [0.1, 0.15) is 18.5 Å². The molecule has 1 aliphatic rings. The fourth-order valence-electron chi connectivity index (χ4n) is 3.47. The Hall–Kier alpha value is -2.85. The second-order valence-corrected chi connectivity index (χ2v) is 8.18. The summed E-state index contributed by atoms with van der Waals surface area (Å²) in [4.78, 5) is 32.0. The van der Waals surface area contributed by atoms with E-state index in [0.29, 0.717) is 51.0 Å². The standard InChI is InChI=1S/C19H20ClN5O4S/c1-10-7-16(26)25-18(21-10)30-19(23-25)24-6-4-5-13(24)17(27)22-12-8-11(20)14(28-2)9-15(12)29-3/h7-9,13H,4-6H2,1-3H3,(H,22,27)/t13-/m0/s1. The summed E-state index contributed by atoms with van der Waals surface area (Å²) in [5.74, 6) is 0.694. The number of carbonyl (C=O) groups is 1. The van der Waals surface area contributed by atoms with Crippen LogP contribution < -0.4 is 25.2 Å². The smallest absolute Gasteiger partial charge is 0.275 e. The van der Waals surface area contributed by atoms with Crippen LogP contribution in [-0.2, 0) is 4.79 Å². The summed E-state index contributed by atoms with van der Waals surface area (Å²) in [6.07, 6.45) is 1.49. The molecule has 1 aromatic carbocycles. The van der Waals surface area contributed by atoms with E-state index in [0.717, 1.165) is 6.42 Å². The quantitative estimate of drug-likeness (QED) is 0.639. The van der Waals surface area contributed by atoms with Crippen LogP contribution in [0.2, 0.25) is 5.02 Å². The molecule has 30 heavy (non-hydrogen) atoms. The third-order valence-electron chi connectivity index (χ3n) is 4.90. The van der Waals surface area contributed by atoms with Crippen LogP contribution in [0.15, 0.2) is 23.0 Å². The van der Waals surface area contributed by atoms with Crippen LogP contribution in [0.25, 0.3) is 4.96 Å². The van der Waals surface area contributed by atoms with Crippen LogP contribution in [-0.4, -0.2) is 47.3 Å². The normalized spacial score (nSPS) is 16.1. The molecule has 158 valence electrons. The van der Waals surface area contributed by atoms with Gasteiger partial charge in [-0.25, -0.2) is 4.98 Å². The molecule has 1 fully saturated rings. The summed E-state index contributed by atoms with van der Waals surface area (Å²) in [7, 11) is 3.02. The van der Waals surface area contributed by atoms with E-state index in [1.54, 1.807) is 19.1 Å². The van der Waals surface area contributed by atoms with Crippen molar-refractivity contribution in [2.45, 2.75) is 25.8 Å². The zero-order chi connectivity index (χ0) is 21.4. The number of nitrogens with zero attached hydrogens (tertiary/aromatic N) is 4. The van der Waals surface area contributed by atoms with E-state index in [2.05, 4.69) is 15.4 Å². The van der Waals surface area contributed by atoms with E-state index in [-0.39, 0.29) is 11.5 Å². The number of nitrogens with one attached hydrogen (secondary N) is 1. The van der Waals surface area contributed by atoms with Crippen LogP contribution in [0.5, 0.6) is 11.5 Å². The number of aryl methyl sites for hydroxylation is 1. The van der Waals surface area contributed by atoms with Gasteiger partial charge in [0.15, 0.2) is 0 Å². The van der Waals surface area contributed by atoms with Crippen LogP contribution in [0, 0.1) is 6.92 Å². The van der Waals surface area contributed by atoms with Gasteiger partial charge >= 0.3 is 0 Å². The molecule has 1 N–H and O–H groups in total. The Labute approximate surface area is 181 Å². The Morgan fingerprint density at radius 1 is 1.27 bits per heavy atom. The Morgan fingerprint density at radius 3 is 2.77 bits per heavy atom. The molecule has 1 atom stereocenters. The monoisotopic (exact) mass is 449 g/mol. The number of rotatable bonds is 5. The number of ether oxygens (including phenoxy) is 2. The molecule has 1 amide bonds. The van der Waals surface area contributed by atoms with E-state index in [1.165, 1.54) is 36.1 Å². The lowest BCUT2D eigenvalue weighted by molar-refractivity contribution is -0.117. The number of halogens is 1. The van der Waals surface area contributed by atoms with Gasteiger partial charge in [-0.2, -0.15) is 4.52 Å². The second kappa shape index (κ2) is 8.11. The maximum atomic E-state index is 13.1. The first-order chi connectivity index (χ1) is 14.4.